The van der Waals surface area contributed by atoms with Gasteiger partial charge in [-0.3, -0.25) is 0 Å². The fourth-order valence-corrected chi connectivity index (χ4v) is 2.95. The Morgan fingerprint density at radius 1 is 0.923 bits per heavy atom. The van der Waals surface area contributed by atoms with E-state index in [1.54, 1.807) is 17.4 Å². The average Bonchev–Trinajstić information content (AvgIpc) is 3.10. The highest BCUT2D eigenvalue weighted by Gasteiger charge is 2.30. The van der Waals surface area contributed by atoms with E-state index in [4.69, 9.17) is 0 Å². The van der Waals surface area contributed by atoms with Crippen LogP contribution < -0.4 is 15.4 Å². The van der Waals surface area contributed by atoms with E-state index >= 15 is 0 Å². The Bertz CT molecular complexity index is 878. The van der Waals surface area contributed by atoms with Crippen LogP contribution in [-0.4, -0.2) is 12.4 Å². The van der Waals surface area contributed by atoms with Crippen molar-refractivity contribution < 1.29 is 22.7 Å². The summed E-state index contributed by atoms with van der Waals surface area (Å²) in [7, 11) is 0. The van der Waals surface area contributed by atoms with Crippen molar-refractivity contribution in [1.82, 2.24) is 0 Å². The van der Waals surface area contributed by atoms with Crippen molar-refractivity contribution in [2.75, 3.05) is 10.6 Å². The third-order valence-corrected chi connectivity index (χ3v) is 4.19. The zero-order valence-electron chi connectivity index (χ0n) is 13.2. The van der Waals surface area contributed by atoms with Crippen LogP contribution in [0.1, 0.15) is 0 Å². The molecule has 3 rings (SSSR count). The van der Waals surface area contributed by atoms with Gasteiger partial charge in [-0.15, -0.1) is 24.5 Å². The van der Waals surface area contributed by atoms with Gasteiger partial charge in [0.05, 0.1) is 0 Å². The second-order valence-electron chi connectivity index (χ2n) is 5.21. The topological polar surface area (TPSA) is 50.4 Å². The van der Waals surface area contributed by atoms with Gasteiger partial charge in [-0.2, -0.15) is 0 Å². The first kappa shape index (κ1) is 17.8. The fraction of sp³-hybridized carbons (Fsp3) is 0.0556. The van der Waals surface area contributed by atoms with E-state index in [-0.39, 0.29) is 5.75 Å². The number of benzene rings is 2. The summed E-state index contributed by atoms with van der Waals surface area (Å²) < 4.78 is 40.2. The van der Waals surface area contributed by atoms with Crippen LogP contribution in [0.5, 0.6) is 5.75 Å². The van der Waals surface area contributed by atoms with Crippen LogP contribution in [0, 0.1) is 0 Å². The van der Waals surface area contributed by atoms with Crippen LogP contribution in [0.3, 0.4) is 0 Å². The number of carbonyl (C=O) groups is 1. The summed E-state index contributed by atoms with van der Waals surface area (Å²) in [5, 5.41) is 7.21. The minimum absolute atomic E-state index is 0.339. The number of thiophene rings is 1. The van der Waals surface area contributed by atoms with Crippen molar-refractivity contribution in [3.8, 4) is 16.2 Å². The van der Waals surface area contributed by atoms with Crippen molar-refractivity contribution in [2.24, 2.45) is 0 Å². The van der Waals surface area contributed by atoms with E-state index in [1.165, 1.54) is 12.1 Å². The second kappa shape index (κ2) is 7.49. The summed E-state index contributed by atoms with van der Waals surface area (Å²) in [6.45, 7) is 0. The van der Waals surface area contributed by atoms with Gasteiger partial charge in [0.1, 0.15) is 5.75 Å². The summed E-state index contributed by atoms with van der Waals surface area (Å²) in [5.74, 6) is -0.355. The van der Waals surface area contributed by atoms with E-state index in [9.17, 15) is 18.0 Å². The zero-order valence-corrected chi connectivity index (χ0v) is 14.0. The molecule has 0 bridgehead atoms. The molecule has 0 aliphatic rings. The van der Waals surface area contributed by atoms with E-state index in [1.807, 2.05) is 35.7 Å². The molecule has 4 nitrogen and oxygen atoms in total. The smallest absolute Gasteiger partial charge is 0.406 e. The summed E-state index contributed by atoms with van der Waals surface area (Å²) in [4.78, 5) is 13.1. The van der Waals surface area contributed by atoms with E-state index in [2.05, 4.69) is 15.4 Å². The van der Waals surface area contributed by atoms with Crippen LogP contribution in [0.2, 0.25) is 0 Å². The molecule has 0 spiro atoms. The van der Waals surface area contributed by atoms with Gasteiger partial charge in [0, 0.05) is 16.3 Å². The minimum Gasteiger partial charge on any atom is -0.406 e. The number of rotatable bonds is 4. The number of hydrogen-bond acceptors (Lipinski definition) is 3. The molecule has 0 radical (unpaired) electrons. The normalized spacial score (nSPS) is 11.0. The summed E-state index contributed by atoms with van der Waals surface area (Å²) >= 11 is 1.59. The predicted octanol–water partition coefficient (Wildman–Crippen LogP) is 5.96. The Balaban J connectivity index is 1.61. The molecule has 0 fully saturated rings. The Kier molecular flexibility index (Phi) is 5.13. The highest BCUT2D eigenvalue weighted by Crippen LogP contribution is 2.27. The predicted molar refractivity (Wildman–Crippen MR) is 95.5 cm³/mol. The SMILES string of the molecule is O=C(Nc1ccc(OC(F)(F)F)cc1)Nc1cccc(-c2cccs2)c1. The van der Waals surface area contributed by atoms with Gasteiger partial charge in [0.25, 0.3) is 0 Å². The molecule has 0 saturated heterocycles. The molecule has 8 heteroatoms. The first-order valence-corrected chi connectivity index (χ1v) is 8.35. The Labute approximate surface area is 151 Å². The van der Waals surface area contributed by atoms with Crippen molar-refractivity contribution in [1.29, 1.82) is 0 Å². The maximum atomic E-state index is 12.1. The van der Waals surface area contributed by atoms with Crippen LogP contribution in [-0.2, 0) is 0 Å². The summed E-state index contributed by atoms with van der Waals surface area (Å²) in [5.41, 5.74) is 1.92. The zero-order chi connectivity index (χ0) is 18.6. The summed E-state index contributed by atoms with van der Waals surface area (Å²) in [6.07, 6.45) is -4.75. The third-order valence-electron chi connectivity index (χ3n) is 3.27. The van der Waals surface area contributed by atoms with Gasteiger partial charge < -0.3 is 15.4 Å². The highest BCUT2D eigenvalue weighted by atomic mass is 32.1. The van der Waals surface area contributed by atoms with Crippen LogP contribution >= 0.6 is 11.3 Å². The largest absolute Gasteiger partial charge is 0.573 e. The van der Waals surface area contributed by atoms with Crippen molar-refractivity contribution in [3.05, 3.63) is 66.0 Å². The average molecular weight is 378 g/mol. The minimum atomic E-state index is -4.75. The lowest BCUT2D eigenvalue weighted by Gasteiger charge is -2.11. The first-order valence-electron chi connectivity index (χ1n) is 7.47. The van der Waals surface area contributed by atoms with Gasteiger partial charge in [0.2, 0.25) is 0 Å². The maximum absolute atomic E-state index is 12.1. The molecule has 0 unspecified atom stereocenters. The Morgan fingerprint density at radius 3 is 2.31 bits per heavy atom. The van der Waals surface area contributed by atoms with E-state index in [0.717, 1.165) is 22.6 Å². The maximum Gasteiger partial charge on any atom is 0.573 e. The number of anilines is 2. The Hall–Kier alpha value is -3.00. The van der Waals surface area contributed by atoms with Crippen molar-refractivity contribution in [3.63, 3.8) is 0 Å². The number of ether oxygens (including phenoxy) is 1. The lowest BCUT2D eigenvalue weighted by Crippen LogP contribution is -2.19. The lowest BCUT2D eigenvalue weighted by molar-refractivity contribution is -0.274. The number of hydrogen-bond donors (Lipinski definition) is 2. The molecule has 0 atom stereocenters. The number of urea groups is 1. The molecule has 2 amide bonds. The molecule has 134 valence electrons. The first-order chi connectivity index (χ1) is 12.4. The van der Waals surface area contributed by atoms with E-state index in [0.29, 0.717) is 11.4 Å². The van der Waals surface area contributed by atoms with Crippen molar-refractivity contribution >= 4 is 28.7 Å². The molecule has 0 saturated carbocycles. The van der Waals surface area contributed by atoms with Crippen LogP contribution in [0.15, 0.2) is 66.0 Å². The molecule has 0 aliphatic carbocycles. The van der Waals surface area contributed by atoms with Gasteiger partial charge >= 0.3 is 12.4 Å². The molecule has 3 aromatic rings. The quantitative estimate of drug-likeness (QED) is 0.589. The second-order valence-corrected chi connectivity index (χ2v) is 6.16. The molecule has 2 aromatic carbocycles. The molecular weight excluding hydrogens is 365 g/mol. The van der Waals surface area contributed by atoms with Crippen LogP contribution in [0.25, 0.3) is 10.4 Å². The monoisotopic (exact) mass is 378 g/mol. The fourth-order valence-electron chi connectivity index (χ4n) is 2.23. The van der Waals surface area contributed by atoms with Crippen molar-refractivity contribution in [2.45, 2.75) is 6.36 Å². The standard InChI is InChI=1S/C18H13F3N2O2S/c19-18(20,21)25-15-8-6-13(7-9-15)22-17(24)23-14-4-1-3-12(11-14)16-5-2-10-26-16/h1-11H,(H2,22,23,24). The molecule has 26 heavy (non-hydrogen) atoms. The number of nitrogens with one attached hydrogen (secondary N) is 2. The van der Waals surface area contributed by atoms with E-state index < -0.39 is 12.4 Å². The highest BCUT2D eigenvalue weighted by molar-refractivity contribution is 7.13. The number of carbonyl (C=O) groups excluding carboxylic acids is 1. The molecule has 2 N–H and O–H groups in total. The van der Waals surface area contributed by atoms with Gasteiger partial charge in [-0.1, -0.05) is 18.2 Å². The van der Waals surface area contributed by atoms with Crippen LogP contribution in [0.4, 0.5) is 29.3 Å². The van der Waals surface area contributed by atoms with Gasteiger partial charge in [0.15, 0.2) is 0 Å². The molecule has 1 aromatic heterocycles. The molecule has 0 aliphatic heterocycles. The summed E-state index contributed by atoms with van der Waals surface area (Å²) in [6, 6.07) is 15.7. The molecular formula is C18H13F3N2O2S. The van der Waals surface area contributed by atoms with Gasteiger partial charge in [-0.25, -0.2) is 4.79 Å². The molecule has 1 heterocycles. The van der Waals surface area contributed by atoms with Gasteiger partial charge in [-0.05, 0) is 53.4 Å². The number of halogens is 3. The lowest BCUT2D eigenvalue weighted by atomic mass is 10.1. The Morgan fingerprint density at radius 2 is 1.65 bits per heavy atom. The third kappa shape index (κ3) is 5.00. The number of amides is 2. The number of alkyl halides is 3.